The molecule has 2 N–H and O–H groups in total. The maximum atomic E-state index is 14.7. The smallest absolute Gasteiger partial charge is 0.216 e. The highest BCUT2D eigenvalue weighted by Gasteiger charge is 2.18. The van der Waals surface area contributed by atoms with Crippen LogP contribution in [0, 0.1) is 5.82 Å². The summed E-state index contributed by atoms with van der Waals surface area (Å²) in [6.45, 7) is 1.97. The summed E-state index contributed by atoms with van der Waals surface area (Å²) in [6, 6.07) is 12.6. The quantitative estimate of drug-likeness (QED) is 0.917. The van der Waals surface area contributed by atoms with Gasteiger partial charge in [-0.3, -0.25) is 0 Å². The van der Waals surface area contributed by atoms with E-state index in [0.717, 1.165) is 16.8 Å². The number of ether oxygens (including phenoxy) is 1. The van der Waals surface area contributed by atoms with E-state index in [1.165, 1.54) is 6.07 Å². The van der Waals surface area contributed by atoms with Crippen molar-refractivity contribution in [1.82, 2.24) is 0 Å². The molecule has 124 valence electrons. The van der Waals surface area contributed by atoms with Crippen molar-refractivity contribution in [1.29, 1.82) is 0 Å². The molecule has 5 heteroatoms. The highest BCUT2D eigenvalue weighted by molar-refractivity contribution is 5.92. The van der Waals surface area contributed by atoms with Gasteiger partial charge in [-0.05, 0) is 23.8 Å². The predicted molar refractivity (Wildman–Crippen MR) is 92.2 cm³/mol. The van der Waals surface area contributed by atoms with Gasteiger partial charge in [0.1, 0.15) is 11.6 Å². The maximum Gasteiger partial charge on any atom is 0.216 e. The number of rotatable bonds is 4. The second kappa shape index (κ2) is 6.74. The molecule has 24 heavy (non-hydrogen) atoms. The Morgan fingerprint density at radius 3 is 2.67 bits per heavy atom. The van der Waals surface area contributed by atoms with Gasteiger partial charge in [0.05, 0.1) is 12.8 Å². The first-order valence-electron chi connectivity index (χ1n) is 7.72. The lowest BCUT2D eigenvalue weighted by Gasteiger charge is -2.17. The molecule has 1 unspecified atom stereocenters. The van der Waals surface area contributed by atoms with Gasteiger partial charge in [-0.25, -0.2) is 4.39 Å². The largest absolute Gasteiger partial charge is 0.496 e. The number of halogens is 1. The topological polar surface area (TPSA) is 56.8 Å². The van der Waals surface area contributed by atoms with Crippen molar-refractivity contribution in [2.45, 2.75) is 19.3 Å². The molecule has 4 nitrogen and oxygen atoms in total. The number of nitrogens with two attached hydrogens (primary N) is 1. The number of methoxy groups -OCH3 is 1. The average Bonchev–Trinajstić information content (AvgIpc) is 2.61. The minimum absolute atomic E-state index is 0.0597. The summed E-state index contributed by atoms with van der Waals surface area (Å²) in [5, 5.41) is 4.01. The molecule has 2 aromatic rings. The molecule has 1 heterocycles. The fourth-order valence-corrected chi connectivity index (χ4v) is 2.73. The lowest BCUT2D eigenvalue weighted by atomic mass is 9.92. The van der Waals surface area contributed by atoms with E-state index in [9.17, 15) is 4.39 Å². The molecular formula is C19H19FN2O2. The minimum Gasteiger partial charge on any atom is -0.496 e. The predicted octanol–water partition coefficient (Wildman–Crippen LogP) is 4.18. The summed E-state index contributed by atoms with van der Waals surface area (Å²) in [4.78, 5) is 5.00. The number of para-hydroxylation sites is 1. The highest BCUT2D eigenvalue weighted by Crippen LogP contribution is 2.33. The fraction of sp³-hybridized carbons (Fsp3) is 0.211. The summed E-state index contributed by atoms with van der Waals surface area (Å²) in [7, 11) is 1.58. The van der Waals surface area contributed by atoms with Crippen LogP contribution in [0.1, 0.15) is 24.8 Å². The minimum atomic E-state index is -0.295. The molecule has 1 aliphatic heterocycles. The summed E-state index contributed by atoms with van der Waals surface area (Å²) < 4.78 is 20.0. The van der Waals surface area contributed by atoms with Crippen LogP contribution in [0.25, 0.3) is 11.1 Å². The van der Waals surface area contributed by atoms with E-state index in [-0.39, 0.29) is 11.7 Å². The Bertz CT molecular complexity index is 815. The number of oxime groups is 1. The molecule has 0 spiro atoms. The van der Waals surface area contributed by atoms with Crippen LogP contribution in [0.3, 0.4) is 0 Å². The summed E-state index contributed by atoms with van der Waals surface area (Å²) in [6.07, 6.45) is 2.36. The van der Waals surface area contributed by atoms with Crippen molar-refractivity contribution >= 4 is 5.71 Å². The molecular weight excluding hydrogens is 307 g/mol. The van der Waals surface area contributed by atoms with Gasteiger partial charge in [0.25, 0.3) is 0 Å². The normalized spacial score (nSPS) is 15.1. The van der Waals surface area contributed by atoms with Crippen LogP contribution in [0.5, 0.6) is 5.75 Å². The average molecular weight is 326 g/mol. The van der Waals surface area contributed by atoms with E-state index in [4.69, 9.17) is 15.3 Å². The zero-order valence-corrected chi connectivity index (χ0v) is 13.6. The Hall–Kier alpha value is -2.82. The molecule has 0 bridgehead atoms. The SMILES string of the molecule is COc1ccccc1-c1ccc(C(C)C2=NOC(N)=CC2)cc1F. The van der Waals surface area contributed by atoms with Crippen molar-refractivity contribution in [3.63, 3.8) is 0 Å². The van der Waals surface area contributed by atoms with Crippen LogP contribution in [-0.4, -0.2) is 12.8 Å². The first-order valence-corrected chi connectivity index (χ1v) is 7.72. The van der Waals surface area contributed by atoms with Gasteiger partial charge in [0.15, 0.2) is 0 Å². The molecule has 1 aliphatic rings. The van der Waals surface area contributed by atoms with Crippen molar-refractivity contribution in [3.05, 3.63) is 65.8 Å². The van der Waals surface area contributed by atoms with E-state index in [1.54, 1.807) is 19.3 Å². The van der Waals surface area contributed by atoms with Gasteiger partial charge < -0.3 is 15.3 Å². The Morgan fingerprint density at radius 2 is 2.00 bits per heavy atom. The first-order chi connectivity index (χ1) is 11.6. The van der Waals surface area contributed by atoms with E-state index < -0.39 is 0 Å². The van der Waals surface area contributed by atoms with Gasteiger partial charge in [-0.1, -0.05) is 42.4 Å². The molecule has 3 rings (SSSR count). The number of hydrogen-bond donors (Lipinski definition) is 1. The van der Waals surface area contributed by atoms with Crippen LogP contribution >= 0.6 is 0 Å². The van der Waals surface area contributed by atoms with Gasteiger partial charge in [-0.15, -0.1) is 0 Å². The van der Waals surface area contributed by atoms with E-state index in [0.29, 0.717) is 23.6 Å². The van der Waals surface area contributed by atoms with Crippen molar-refractivity contribution in [2.75, 3.05) is 7.11 Å². The monoisotopic (exact) mass is 326 g/mol. The molecule has 2 aromatic carbocycles. The molecule has 0 saturated heterocycles. The number of allylic oxidation sites excluding steroid dienone is 1. The standard InChI is InChI=1S/C19H19FN2O2/c1-12(17-9-10-19(21)24-22-17)13-7-8-14(16(20)11-13)15-5-3-4-6-18(15)23-2/h3-8,10-12H,9,21H2,1-2H3. The molecule has 0 aromatic heterocycles. The van der Waals surface area contributed by atoms with Crippen LogP contribution in [-0.2, 0) is 4.84 Å². The van der Waals surface area contributed by atoms with Crippen molar-refractivity contribution in [2.24, 2.45) is 10.9 Å². The van der Waals surface area contributed by atoms with Crippen LogP contribution in [0.15, 0.2) is 59.6 Å². The molecule has 0 radical (unpaired) electrons. The zero-order valence-electron chi connectivity index (χ0n) is 13.6. The third-order valence-electron chi connectivity index (χ3n) is 4.17. The number of hydrogen-bond acceptors (Lipinski definition) is 4. The number of nitrogens with zero attached hydrogens (tertiary/aromatic N) is 1. The summed E-state index contributed by atoms with van der Waals surface area (Å²) in [5.74, 6) is 0.582. The van der Waals surface area contributed by atoms with Gasteiger partial charge >= 0.3 is 0 Å². The van der Waals surface area contributed by atoms with Crippen molar-refractivity contribution < 1.29 is 14.0 Å². The lowest BCUT2D eigenvalue weighted by Crippen LogP contribution is -2.15. The molecule has 0 amide bonds. The van der Waals surface area contributed by atoms with Gasteiger partial charge in [0.2, 0.25) is 5.88 Å². The molecule has 0 aliphatic carbocycles. The molecule has 0 saturated carbocycles. The fourth-order valence-electron chi connectivity index (χ4n) is 2.73. The second-order valence-corrected chi connectivity index (χ2v) is 5.65. The summed E-state index contributed by atoms with van der Waals surface area (Å²) >= 11 is 0. The lowest BCUT2D eigenvalue weighted by molar-refractivity contribution is 0.216. The van der Waals surface area contributed by atoms with Crippen LogP contribution < -0.4 is 10.5 Å². The van der Waals surface area contributed by atoms with E-state index in [1.807, 2.05) is 37.3 Å². The van der Waals surface area contributed by atoms with Crippen LogP contribution in [0.2, 0.25) is 0 Å². The second-order valence-electron chi connectivity index (χ2n) is 5.65. The third kappa shape index (κ3) is 3.11. The van der Waals surface area contributed by atoms with Gasteiger partial charge in [0, 0.05) is 23.5 Å². The molecule has 1 atom stereocenters. The Balaban J connectivity index is 1.90. The summed E-state index contributed by atoms with van der Waals surface area (Å²) in [5.41, 5.74) is 8.42. The third-order valence-corrected chi connectivity index (χ3v) is 4.17. The Morgan fingerprint density at radius 1 is 1.21 bits per heavy atom. The Labute approximate surface area is 140 Å². The zero-order chi connectivity index (χ0) is 17.1. The maximum absolute atomic E-state index is 14.7. The van der Waals surface area contributed by atoms with E-state index >= 15 is 0 Å². The first kappa shape index (κ1) is 16.1. The van der Waals surface area contributed by atoms with Crippen molar-refractivity contribution in [3.8, 4) is 16.9 Å². The highest BCUT2D eigenvalue weighted by atomic mass is 19.1. The van der Waals surface area contributed by atoms with Crippen LogP contribution in [0.4, 0.5) is 4.39 Å². The number of benzene rings is 2. The van der Waals surface area contributed by atoms with Gasteiger partial charge in [-0.2, -0.15) is 0 Å². The molecule has 0 fully saturated rings. The Kier molecular flexibility index (Phi) is 4.51. The van der Waals surface area contributed by atoms with E-state index in [2.05, 4.69) is 5.16 Å².